The quantitative estimate of drug-likeness (QED) is 0.761. The van der Waals surface area contributed by atoms with Crippen molar-refractivity contribution in [3.05, 3.63) is 59.9 Å². The second-order valence-corrected chi connectivity index (χ2v) is 7.19. The van der Waals surface area contributed by atoms with Gasteiger partial charge in [-0.15, -0.1) is 0 Å². The minimum Gasteiger partial charge on any atom is -0.383 e. The zero-order valence-electron chi connectivity index (χ0n) is 13.9. The van der Waals surface area contributed by atoms with Gasteiger partial charge in [0, 0.05) is 26.3 Å². The first-order valence-electron chi connectivity index (χ1n) is 7.48. The van der Waals surface area contributed by atoms with E-state index in [1.54, 1.807) is 0 Å². The second kappa shape index (κ2) is 8.09. The fourth-order valence-corrected chi connectivity index (χ4v) is 3.36. The van der Waals surface area contributed by atoms with E-state index in [4.69, 9.17) is 4.74 Å². The van der Waals surface area contributed by atoms with Gasteiger partial charge < -0.3 is 10.1 Å². The summed E-state index contributed by atoms with van der Waals surface area (Å²) in [4.78, 5) is 12.0. The molecule has 0 fully saturated rings. The lowest BCUT2D eigenvalue weighted by molar-refractivity contribution is 0.0937. The molecular formula is C17H19FN2O4S. The van der Waals surface area contributed by atoms with E-state index in [2.05, 4.69) is 5.32 Å². The average Bonchev–Trinajstić information content (AvgIpc) is 2.62. The summed E-state index contributed by atoms with van der Waals surface area (Å²) in [5.41, 5.74) is 0.543. The van der Waals surface area contributed by atoms with Crippen molar-refractivity contribution in [2.24, 2.45) is 0 Å². The highest BCUT2D eigenvalue weighted by Gasteiger charge is 2.22. The fraction of sp³-hybridized carbons (Fsp3) is 0.235. The summed E-state index contributed by atoms with van der Waals surface area (Å²) in [6.07, 6.45) is 0. The molecule has 0 unspecified atom stereocenters. The Morgan fingerprint density at radius 2 is 1.88 bits per heavy atom. The summed E-state index contributed by atoms with van der Waals surface area (Å²) < 4.78 is 44.4. The fourth-order valence-electron chi connectivity index (χ4n) is 2.11. The van der Waals surface area contributed by atoms with Crippen LogP contribution < -0.4 is 9.62 Å². The Kier molecular flexibility index (Phi) is 6.11. The molecule has 0 spiro atoms. The molecule has 0 aliphatic heterocycles. The number of sulfonamides is 1. The number of rotatable bonds is 7. The van der Waals surface area contributed by atoms with Crippen molar-refractivity contribution >= 4 is 21.6 Å². The van der Waals surface area contributed by atoms with E-state index in [1.165, 1.54) is 62.7 Å². The number of carbonyl (C=O) groups is 1. The number of nitrogens with one attached hydrogen (secondary N) is 1. The molecule has 1 N–H and O–H groups in total. The molecule has 0 saturated carbocycles. The van der Waals surface area contributed by atoms with Crippen LogP contribution in [0.1, 0.15) is 10.4 Å². The van der Waals surface area contributed by atoms with Gasteiger partial charge in [0.05, 0.1) is 17.2 Å². The third-order valence-corrected chi connectivity index (χ3v) is 5.32. The molecule has 0 atom stereocenters. The lowest BCUT2D eigenvalue weighted by Crippen LogP contribution is -2.28. The van der Waals surface area contributed by atoms with Crippen LogP contribution in [-0.4, -0.2) is 41.6 Å². The molecule has 0 aliphatic rings. The predicted molar refractivity (Wildman–Crippen MR) is 92.6 cm³/mol. The minimum atomic E-state index is -3.88. The third kappa shape index (κ3) is 4.55. The Labute approximate surface area is 146 Å². The van der Waals surface area contributed by atoms with Gasteiger partial charge in [-0.1, -0.05) is 6.07 Å². The SMILES string of the molecule is COCCNC(=O)c1cccc(S(=O)(=O)N(C)c2ccc(F)cc2)c1. The molecule has 6 nitrogen and oxygen atoms in total. The molecule has 8 heteroatoms. The van der Waals surface area contributed by atoms with E-state index in [0.29, 0.717) is 18.8 Å². The van der Waals surface area contributed by atoms with E-state index >= 15 is 0 Å². The molecule has 0 radical (unpaired) electrons. The molecule has 0 aromatic heterocycles. The Morgan fingerprint density at radius 3 is 2.52 bits per heavy atom. The van der Waals surface area contributed by atoms with Crippen molar-refractivity contribution in [1.82, 2.24) is 5.32 Å². The largest absolute Gasteiger partial charge is 0.383 e. The molecule has 25 heavy (non-hydrogen) atoms. The highest BCUT2D eigenvalue weighted by atomic mass is 32.2. The van der Waals surface area contributed by atoms with Crippen molar-refractivity contribution in [1.29, 1.82) is 0 Å². The first-order chi connectivity index (χ1) is 11.9. The lowest BCUT2D eigenvalue weighted by Gasteiger charge is -2.19. The topological polar surface area (TPSA) is 75.7 Å². The lowest BCUT2D eigenvalue weighted by atomic mass is 10.2. The van der Waals surface area contributed by atoms with Crippen molar-refractivity contribution in [2.75, 3.05) is 31.6 Å². The Balaban J connectivity index is 2.26. The van der Waals surface area contributed by atoms with Crippen molar-refractivity contribution in [3.8, 4) is 0 Å². The molecule has 0 bridgehead atoms. The molecule has 2 rings (SSSR count). The minimum absolute atomic E-state index is 0.0290. The van der Waals surface area contributed by atoms with Crippen LogP contribution in [0.2, 0.25) is 0 Å². The Hall–Kier alpha value is -2.45. The Morgan fingerprint density at radius 1 is 1.20 bits per heavy atom. The molecule has 134 valence electrons. The molecule has 1 amide bonds. The van der Waals surface area contributed by atoms with Gasteiger partial charge in [0.25, 0.3) is 15.9 Å². The van der Waals surface area contributed by atoms with Crippen LogP contribution in [0.25, 0.3) is 0 Å². The van der Waals surface area contributed by atoms with Crippen LogP contribution in [0, 0.1) is 5.82 Å². The van der Waals surface area contributed by atoms with Crippen LogP contribution in [0.15, 0.2) is 53.4 Å². The summed E-state index contributed by atoms with van der Waals surface area (Å²) in [5, 5.41) is 2.63. The molecule has 2 aromatic carbocycles. The number of amides is 1. The number of anilines is 1. The third-order valence-electron chi connectivity index (χ3n) is 3.54. The number of hydrogen-bond acceptors (Lipinski definition) is 4. The maximum Gasteiger partial charge on any atom is 0.264 e. The smallest absolute Gasteiger partial charge is 0.264 e. The van der Waals surface area contributed by atoms with Crippen LogP contribution in [0.3, 0.4) is 0 Å². The maximum absolute atomic E-state index is 13.0. The van der Waals surface area contributed by atoms with E-state index in [9.17, 15) is 17.6 Å². The van der Waals surface area contributed by atoms with Crippen LogP contribution in [0.4, 0.5) is 10.1 Å². The predicted octanol–water partition coefficient (Wildman–Crippen LogP) is 2.03. The first-order valence-corrected chi connectivity index (χ1v) is 8.92. The van der Waals surface area contributed by atoms with E-state index in [-0.39, 0.29) is 10.5 Å². The van der Waals surface area contributed by atoms with Crippen molar-refractivity contribution < 1.29 is 22.3 Å². The average molecular weight is 366 g/mol. The number of methoxy groups -OCH3 is 1. The normalized spacial score (nSPS) is 11.2. The van der Waals surface area contributed by atoms with Gasteiger partial charge >= 0.3 is 0 Å². The molecule has 0 heterocycles. The van der Waals surface area contributed by atoms with E-state index < -0.39 is 21.7 Å². The standard InChI is InChI=1S/C17H19FN2O4S/c1-20(15-8-6-14(18)7-9-15)25(22,23)16-5-3-4-13(12-16)17(21)19-10-11-24-2/h3-9,12H,10-11H2,1-2H3,(H,19,21). The molecule has 2 aromatic rings. The molecule has 0 saturated heterocycles. The van der Waals surface area contributed by atoms with Crippen LogP contribution in [0.5, 0.6) is 0 Å². The van der Waals surface area contributed by atoms with Crippen molar-refractivity contribution in [3.63, 3.8) is 0 Å². The Bertz CT molecular complexity index is 838. The van der Waals surface area contributed by atoms with E-state index in [1.807, 2.05) is 0 Å². The maximum atomic E-state index is 13.0. The number of ether oxygens (including phenoxy) is 1. The van der Waals surface area contributed by atoms with Gasteiger partial charge in [-0.3, -0.25) is 9.10 Å². The molecule has 0 aliphatic carbocycles. The number of hydrogen-bond donors (Lipinski definition) is 1. The number of benzene rings is 2. The van der Waals surface area contributed by atoms with Gasteiger partial charge in [-0.2, -0.15) is 0 Å². The summed E-state index contributed by atoms with van der Waals surface area (Å²) in [6, 6.07) is 10.8. The van der Waals surface area contributed by atoms with Gasteiger partial charge in [0.1, 0.15) is 5.82 Å². The van der Waals surface area contributed by atoms with Gasteiger partial charge in [0.2, 0.25) is 0 Å². The summed E-state index contributed by atoms with van der Waals surface area (Å²) in [5.74, 6) is -0.845. The zero-order valence-corrected chi connectivity index (χ0v) is 14.7. The second-order valence-electron chi connectivity index (χ2n) is 5.23. The van der Waals surface area contributed by atoms with Crippen LogP contribution >= 0.6 is 0 Å². The molecular weight excluding hydrogens is 347 g/mol. The highest BCUT2D eigenvalue weighted by molar-refractivity contribution is 7.92. The first kappa shape index (κ1) is 18.9. The summed E-state index contributed by atoms with van der Waals surface area (Å²) in [7, 11) is -0.992. The number of nitrogens with zero attached hydrogens (tertiary/aromatic N) is 1. The number of halogens is 1. The summed E-state index contributed by atoms with van der Waals surface area (Å²) >= 11 is 0. The van der Waals surface area contributed by atoms with Gasteiger partial charge in [0.15, 0.2) is 0 Å². The zero-order chi connectivity index (χ0) is 18.4. The number of carbonyl (C=O) groups excluding carboxylic acids is 1. The van der Waals surface area contributed by atoms with E-state index in [0.717, 1.165) is 4.31 Å². The van der Waals surface area contributed by atoms with Crippen molar-refractivity contribution in [2.45, 2.75) is 4.90 Å². The van der Waals surface area contributed by atoms with Gasteiger partial charge in [-0.05, 0) is 42.5 Å². The van der Waals surface area contributed by atoms with Crippen LogP contribution in [-0.2, 0) is 14.8 Å². The highest BCUT2D eigenvalue weighted by Crippen LogP contribution is 2.22. The summed E-state index contributed by atoms with van der Waals surface area (Å²) in [6.45, 7) is 0.679. The van der Waals surface area contributed by atoms with Gasteiger partial charge in [-0.25, -0.2) is 12.8 Å². The monoisotopic (exact) mass is 366 g/mol.